The van der Waals surface area contributed by atoms with Crippen molar-refractivity contribution in [2.24, 2.45) is 0 Å². The third kappa shape index (κ3) is 3.84. The lowest BCUT2D eigenvalue weighted by Gasteiger charge is -2.15. The fourth-order valence-electron chi connectivity index (χ4n) is 2.36. The SMILES string of the molecule is CCCNC(CCOCC)c1cc2cc(C)ccc2o1. The molecule has 0 bridgehead atoms. The van der Waals surface area contributed by atoms with Crippen molar-refractivity contribution in [3.8, 4) is 0 Å². The number of fused-ring (bicyclic) bond motifs is 1. The molecule has 110 valence electrons. The highest BCUT2D eigenvalue weighted by molar-refractivity contribution is 5.78. The molecule has 0 spiro atoms. The molecule has 1 atom stereocenters. The largest absolute Gasteiger partial charge is 0.459 e. The summed E-state index contributed by atoms with van der Waals surface area (Å²) >= 11 is 0. The number of hydrogen-bond acceptors (Lipinski definition) is 3. The van der Waals surface area contributed by atoms with Crippen LogP contribution in [0.15, 0.2) is 28.7 Å². The number of furan rings is 1. The monoisotopic (exact) mass is 275 g/mol. The Balaban J connectivity index is 2.15. The van der Waals surface area contributed by atoms with Gasteiger partial charge in [0.25, 0.3) is 0 Å². The number of hydrogen-bond donors (Lipinski definition) is 1. The maximum absolute atomic E-state index is 5.99. The molecule has 0 saturated heterocycles. The van der Waals surface area contributed by atoms with Gasteiger partial charge in [-0.15, -0.1) is 0 Å². The molecule has 0 fully saturated rings. The number of rotatable bonds is 8. The van der Waals surface area contributed by atoms with Crippen molar-refractivity contribution in [3.63, 3.8) is 0 Å². The summed E-state index contributed by atoms with van der Waals surface area (Å²) in [6.07, 6.45) is 2.05. The predicted octanol–water partition coefficient (Wildman–Crippen LogP) is 4.21. The van der Waals surface area contributed by atoms with Crippen LogP contribution in [-0.2, 0) is 4.74 Å². The Morgan fingerprint density at radius 1 is 1.25 bits per heavy atom. The quantitative estimate of drug-likeness (QED) is 0.733. The Labute approximate surface area is 121 Å². The smallest absolute Gasteiger partial charge is 0.134 e. The van der Waals surface area contributed by atoms with E-state index < -0.39 is 0 Å². The fraction of sp³-hybridized carbons (Fsp3) is 0.529. The van der Waals surface area contributed by atoms with Crippen molar-refractivity contribution >= 4 is 11.0 Å². The van der Waals surface area contributed by atoms with Gasteiger partial charge in [0, 0.05) is 18.6 Å². The summed E-state index contributed by atoms with van der Waals surface area (Å²) in [4.78, 5) is 0. The van der Waals surface area contributed by atoms with Crippen molar-refractivity contribution in [2.75, 3.05) is 19.8 Å². The van der Waals surface area contributed by atoms with Crippen molar-refractivity contribution in [1.29, 1.82) is 0 Å². The molecular formula is C17H25NO2. The molecule has 0 amide bonds. The summed E-state index contributed by atoms with van der Waals surface area (Å²) in [5.74, 6) is 1.01. The van der Waals surface area contributed by atoms with E-state index in [-0.39, 0.29) is 6.04 Å². The summed E-state index contributed by atoms with van der Waals surface area (Å²) in [5, 5.41) is 4.73. The summed E-state index contributed by atoms with van der Waals surface area (Å²) < 4.78 is 11.5. The van der Waals surface area contributed by atoms with E-state index in [0.29, 0.717) is 0 Å². The number of nitrogens with one attached hydrogen (secondary N) is 1. The number of benzene rings is 1. The predicted molar refractivity (Wildman–Crippen MR) is 83.1 cm³/mol. The number of aryl methyl sites for hydroxylation is 1. The van der Waals surface area contributed by atoms with Crippen molar-refractivity contribution in [1.82, 2.24) is 5.32 Å². The van der Waals surface area contributed by atoms with Crippen LogP contribution in [0, 0.1) is 6.92 Å². The van der Waals surface area contributed by atoms with Crippen LogP contribution in [0.3, 0.4) is 0 Å². The van der Waals surface area contributed by atoms with E-state index in [0.717, 1.165) is 43.9 Å². The van der Waals surface area contributed by atoms with E-state index in [1.165, 1.54) is 10.9 Å². The van der Waals surface area contributed by atoms with Crippen LogP contribution in [0.25, 0.3) is 11.0 Å². The molecular weight excluding hydrogens is 250 g/mol. The van der Waals surface area contributed by atoms with Crippen LogP contribution < -0.4 is 5.32 Å². The maximum atomic E-state index is 5.99. The molecule has 2 rings (SSSR count). The molecule has 1 unspecified atom stereocenters. The Morgan fingerprint density at radius 2 is 2.10 bits per heavy atom. The van der Waals surface area contributed by atoms with Crippen LogP contribution in [-0.4, -0.2) is 19.8 Å². The second kappa shape index (κ2) is 7.46. The minimum Gasteiger partial charge on any atom is -0.459 e. The third-order valence-corrected chi connectivity index (χ3v) is 3.43. The standard InChI is InChI=1S/C17H25NO2/c1-4-9-18-15(8-10-19-5-2)17-12-14-11-13(3)6-7-16(14)20-17/h6-7,11-12,15,18H,4-5,8-10H2,1-3H3. The highest BCUT2D eigenvalue weighted by Crippen LogP contribution is 2.26. The lowest BCUT2D eigenvalue weighted by Crippen LogP contribution is -2.23. The molecule has 20 heavy (non-hydrogen) atoms. The third-order valence-electron chi connectivity index (χ3n) is 3.43. The van der Waals surface area contributed by atoms with E-state index in [1.807, 2.05) is 13.0 Å². The molecule has 0 aliphatic heterocycles. The van der Waals surface area contributed by atoms with E-state index >= 15 is 0 Å². The Bertz CT molecular complexity index is 533. The van der Waals surface area contributed by atoms with Crippen LogP contribution in [0.2, 0.25) is 0 Å². The van der Waals surface area contributed by atoms with E-state index in [1.54, 1.807) is 0 Å². The molecule has 0 aliphatic carbocycles. The molecule has 0 radical (unpaired) electrons. The zero-order valence-electron chi connectivity index (χ0n) is 12.7. The van der Waals surface area contributed by atoms with Crippen LogP contribution >= 0.6 is 0 Å². The zero-order valence-corrected chi connectivity index (χ0v) is 12.7. The first kappa shape index (κ1) is 15.1. The minimum atomic E-state index is 0.231. The molecule has 3 nitrogen and oxygen atoms in total. The van der Waals surface area contributed by atoms with E-state index in [2.05, 4.69) is 37.4 Å². The van der Waals surface area contributed by atoms with Gasteiger partial charge in [0.1, 0.15) is 11.3 Å². The fourth-order valence-corrected chi connectivity index (χ4v) is 2.36. The Morgan fingerprint density at radius 3 is 2.85 bits per heavy atom. The van der Waals surface area contributed by atoms with Gasteiger partial charge in [-0.05, 0) is 51.4 Å². The summed E-state index contributed by atoms with van der Waals surface area (Å²) in [7, 11) is 0. The lowest BCUT2D eigenvalue weighted by molar-refractivity contribution is 0.134. The second-order valence-corrected chi connectivity index (χ2v) is 5.18. The first-order chi connectivity index (χ1) is 9.74. The zero-order chi connectivity index (χ0) is 14.4. The van der Waals surface area contributed by atoms with Gasteiger partial charge in [0.05, 0.1) is 6.04 Å². The van der Waals surface area contributed by atoms with Crippen LogP contribution in [0.4, 0.5) is 0 Å². The molecule has 1 heterocycles. The Hall–Kier alpha value is -1.32. The molecule has 3 heteroatoms. The molecule has 1 N–H and O–H groups in total. The topological polar surface area (TPSA) is 34.4 Å². The van der Waals surface area contributed by atoms with Crippen molar-refractivity contribution < 1.29 is 9.15 Å². The van der Waals surface area contributed by atoms with Gasteiger partial charge >= 0.3 is 0 Å². The van der Waals surface area contributed by atoms with Crippen LogP contribution in [0.5, 0.6) is 0 Å². The van der Waals surface area contributed by atoms with Gasteiger partial charge in [-0.2, -0.15) is 0 Å². The first-order valence-corrected chi connectivity index (χ1v) is 7.55. The van der Waals surface area contributed by atoms with Crippen molar-refractivity contribution in [3.05, 3.63) is 35.6 Å². The van der Waals surface area contributed by atoms with E-state index in [9.17, 15) is 0 Å². The molecule has 0 aliphatic rings. The van der Waals surface area contributed by atoms with Gasteiger partial charge in [-0.3, -0.25) is 0 Å². The minimum absolute atomic E-state index is 0.231. The highest BCUT2D eigenvalue weighted by atomic mass is 16.5. The van der Waals surface area contributed by atoms with Crippen molar-refractivity contribution in [2.45, 2.75) is 39.7 Å². The molecule has 1 aromatic heterocycles. The van der Waals surface area contributed by atoms with Gasteiger partial charge in [-0.25, -0.2) is 0 Å². The molecule has 2 aromatic rings. The van der Waals surface area contributed by atoms with Gasteiger partial charge in [-0.1, -0.05) is 18.6 Å². The molecule has 0 saturated carbocycles. The first-order valence-electron chi connectivity index (χ1n) is 7.55. The average Bonchev–Trinajstić information content (AvgIpc) is 2.85. The summed E-state index contributed by atoms with van der Waals surface area (Å²) in [6.45, 7) is 8.82. The summed E-state index contributed by atoms with van der Waals surface area (Å²) in [5.41, 5.74) is 2.22. The molecule has 1 aromatic carbocycles. The summed E-state index contributed by atoms with van der Waals surface area (Å²) in [6, 6.07) is 8.69. The second-order valence-electron chi connectivity index (χ2n) is 5.18. The van der Waals surface area contributed by atoms with Gasteiger partial charge < -0.3 is 14.5 Å². The van der Waals surface area contributed by atoms with Gasteiger partial charge in [0.15, 0.2) is 0 Å². The maximum Gasteiger partial charge on any atom is 0.134 e. The normalized spacial score (nSPS) is 12.9. The average molecular weight is 275 g/mol. The number of ether oxygens (including phenoxy) is 1. The van der Waals surface area contributed by atoms with Gasteiger partial charge in [0.2, 0.25) is 0 Å². The van der Waals surface area contributed by atoms with E-state index in [4.69, 9.17) is 9.15 Å². The highest BCUT2D eigenvalue weighted by Gasteiger charge is 2.15. The Kier molecular flexibility index (Phi) is 5.62. The van der Waals surface area contributed by atoms with Crippen LogP contribution in [0.1, 0.15) is 44.1 Å². The lowest BCUT2D eigenvalue weighted by atomic mass is 10.1.